The predicted molar refractivity (Wildman–Crippen MR) is 116 cm³/mol. The number of benzene rings is 1. The number of amides is 1. The summed E-state index contributed by atoms with van der Waals surface area (Å²) in [7, 11) is 1.62. The van der Waals surface area contributed by atoms with E-state index in [4.69, 9.17) is 4.74 Å². The van der Waals surface area contributed by atoms with Crippen molar-refractivity contribution in [2.75, 3.05) is 18.0 Å². The topological polar surface area (TPSA) is 98.4 Å². The predicted octanol–water partition coefficient (Wildman–Crippen LogP) is 3.47. The van der Waals surface area contributed by atoms with E-state index in [1.807, 2.05) is 12.2 Å². The number of hydrogen-bond donors (Lipinski definition) is 0. The first-order chi connectivity index (χ1) is 16.4. The Balaban J connectivity index is 1.38. The second-order valence-corrected chi connectivity index (χ2v) is 7.83. The molecule has 34 heavy (non-hydrogen) atoms. The first-order valence-corrected chi connectivity index (χ1v) is 10.5. The zero-order valence-corrected chi connectivity index (χ0v) is 18.0. The summed E-state index contributed by atoms with van der Waals surface area (Å²) >= 11 is 0. The Morgan fingerprint density at radius 1 is 1.21 bits per heavy atom. The van der Waals surface area contributed by atoms with Gasteiger partial charge in [0.2, 0.25) is 0 Å². The standard InChI is InChI=1S/C22H18F3N7O2/c1-31-21(28-29-30-31)16-7-4-12(10-27-16)18-15(23)9-17(19(24)20(18)25)32-11-14(34-22(32)33)6-5-13-3-2-8-26-13/h2-4,7,9-10,14H,5-6,8,11H2,1H3/t14-/m0/s1. The van der Waals surface area contributed by atoms with Crippen molar-refractivity contribution >= 4 is 17.5 Å². The van der Waals surface area contributed by atoms with Crippen LogP contribution in [-0.4, -0.2) is 56.2 Å². The first kappa shape index (κ1) is 21.7. The highest BCUT2D eigenvalue weighted by atomic mass is 19.2. The van der Waals surface area contributed by atoms with Crippen molar-refractivity contribution in [3.05, 3.63) is 54.0 Å². The number of rotatable bonds is 6. The van der Waals surface area contributed by atoms with E-state index in [9.17, 15) is 18.0 Å². The smallest absolute Gasteiger partial charge is 0.414 e. The van der Waals surface area contributed by atoms with Gasteiger partial charge in [0.05, 0.1) is 24.3 Å². The van der Waals surface area contributed by atoms with Crippen LogP contribution in [0.4, 0.5) is 23.7 Å². The number of ether oxygens (including phenoxy) is 1. The third-order valence-electron chi connectivity index (χ3n) is 5.64. The van der Waals surface area contributed by atoms with E-state index >= 15 is 0 Å². The highest BCUT2D eigenvalue weighted by Crippen LogP contribution is 2.35. The lowest BCUT2D eigenvalue weighted by atomic mass is 10.0. The van der Waals surface area contributed by atoms with E-state index in [1.165, 1.54) is 23.0 Å². The molecule has 0 unspecified atom stereocenters. The van der Waals surface area contributed by atoms with Gasteiger partial charge in [0.25, 0.3) is 0 Å². The SMILES string of the molecule is Cn1nnnc1-c1ccc(-c2c(F)cc(N3C[C@H](CCC4=NCC=C4)OC3=O)c(F)c2F)cn1. The summed E-state index contributed by atoms with van der Waals surface area (Å²) in [6.45, 7) is 0.602. The lowest BCUT2D eigenvalue weighted by Crippen LogP contribution is -2.26. The summed E-state index contributed by atoms with van der Waals surface area (Å²) in [5.74, 6) is -3.46. The number of tetrazole rings is 1. The number of anilines is 1. The van der Waals surface area contributed by atoms with E-state index in [2.05, 4.69) is 25.5 Å². The molecule has 1 atom stereocenters. The first-order valence-electron chi connectivity index (χ1n) is 10.5. The molecule has 3 aromatic rings. The minimum atomic E-state index is -1.42. The Morgan fingerprint density at radius 3 is 2.74 bits per heavy atom. The summed E-state index contributed by atoms with van der Waals surface area (Å²) in [5, 5.41) is 11.0. The molecule has 9 nitrogen and oxygen atoms in total. The lowest BCUT2D eigenvalue weighted by molar-refractivity contribution is 0.138. The van der Waals surface area contributed by atoms with Crippen molar-refractivity contribution in [2.45, 2.75) is 18.9 Å². The van der Waals surface area contributed by atoms with Crippen LogP contribution in [0.5, 0.6) is 0 Å². The largest absolute Gasteiger partial charge is 0.444 e. The Hall–Kier alpha value is -4.09. The maximum Gasteiger partial charge on any atom is 0.414 e. The van der Waals surface area contributed by atoms with Gasteiger partial charge in [0, 0.05) is 30.6 Å². The molecule has 1 aromatic carbocycles. The number of cyclic esters (lactones) is 1. The molecule has 2 aliphatic rings. The van der Waals surface area contributed by atoms with Crippen LogP contribution < -0.4 is 4.90 Å². The van der Waals surface area contributed by atoms with Crippen molar-refractivity contribution in [1.82, 2.24) is 25.2 Å². The molecule has 0 bridgehead atoms. The van der Waals surface area contributed by atoms with Crippen molar-refractivity contribution in [1.29, 1.82) is 0 Å². The number of carbonyl (C=O) groups is 1. The molecule has 12 heteroatoms. The van der Waals surface area contributed by atoms with E-state index in [0.717, 1.165) is 16.7 Å². The molecule has 0 aliphatic carbocycles. The zero-order chi connectivity index (χ0) is 23.8. The Labute approximate surface area is 191 Å². The van der Waals surface area contributed by atoms with Crippen LogP contribution in [0, 0.1) is 17.5 Å². The summed E-state index contributed by atoms with van der Waals surface area (Å²) in [4.78, 5) is 21.6. The van der Waals surface area contributed by atoms with Gasteiger partial charge in [-0.2, -0.15) is 0 Å². The van der Waals surface area contributed by atoms with Crippen molar-refractivity contribution in [2.24, 2.45) is 12.0 Å². The molecular formula is C22H18F3N7O2. The minimum absolute atomic E-state index is 0.0200. The number of pyridine rings is 1. The van der Waals surface area contributed by atoms with Crippen LogP contribution in [0.3, 0.4) is 0 Å². The van der Waals surface area contributed by atoms with E-state index in [-0.39, 0.29) is 12.1 Å². The van der Waals surface area contributed by atoms with Gasteiger partial charge in [-0.3, -0.25) is 14.9 Å². The summed E-state index contributed by atoms with van der Waals surface area (Å²) in [6.07, 6.45) is 4.66. The maximum absolute atomic E-state index is 15.0. The Morgan fingerprint density at radius 2 is 2.06 bits per heavy atom. The Kier molecular flexibility index (Phi) is 5.56. The van der Waals surface area contributed by atoms with Crippen LogP contribution in [0.2, 0.25) is 0 Å². The normalized spacial score (nSPS) is 17.4. The van der Waals surface area contributed by atoms with Crippen LogP contribution >= 0.6 is 0 Å². The molecular weight excluding hydrogens is 451 g/mol. The molecule has 5 rings (SSSR count). The van der Waals surface area contributed by atoms with E-state index in [0.29, 0.717) is 30.9 Å². The van der Waals surface area contributed by atoms with Crippen LogP contribution in [0.25, 0.3) is 22.6 Å². The van der Waals surface area contributed by atoms with Gasteiger partial charge in [-0.05, 0) is 35.4 Å². The molecule has 4 heterocycles. The molecule has 174 valence electrons. The maximum atomic E-state index is 15.0. The van der Waals surface area contributed by atoms with Crippen LogP contribution in [0.15, 0.2) is 41.5 Å². The fourth-order valence-corrected chi connectivity index (χ4v) is 3.92. The molecule has 0 spiro atoms. The van der Waals surface area contributed by atoms with Crippen LogP contribution in [-0.2, 0) is 11.8 Å². The average Bonchev–Trinajstić information content (AvgIpc) is 3.57. The molecule has 2 aliphatic heterocycles. The van der Waals surface area contributed by atoms with Gasteiger partial charge in [0.15, 0.2) is 17.5 Å². The Bertz CT molecular complexity index is 1320. The second kappa shape index (κ2) is 8.69. The highest BCUT2D eigenvalue weighted by Gasteiger charge is 2.36. The van der Waals surface area contributed by atoms with Gasteiger partial charge >= 0.3 is 6.09 Å². The highest BCUT2D eigenvalue weighted by molar-refractivity contribution is 5.96. The number of aromatic nitrogens is 5. The van der Waals surface area contributed by atoms with Gasteiger partial charge < -0.3 is 4.74 Å². The molecule has 0 saturated carbocycles. The zero-order valence-electron chi connectivity index (χ0n) is 18.0. The van der Waals surface area contributed by atoms with Gasteiger partial charge in [-0.15, -0.1) is 5.10 Å². The molecule has 1 fully saturated rings. The summed E-state index contributed by atoms with van der Waals surface area (Å²) in [6, 6.07) is 3.65. The summed E-state index contributed by atoms with van der Waals surface area (Å²) in [5.41, 5.74) is 0.175. The fraction of sp³-hybridized carbons (Fsp3) is 0.273. The molecule has 1 amide bonds. The second-order valence-electron chi connectivity index (χ2n) is 7.83. The van der Waals surface area contributed by atoms with Crippen molar-refractivity contribution < 1.29 is 22.7 Å². The molecule has 0 N–H and O–H groups in total. The lowest BCUT2D eigenvalue weighted by Gasteiger charge is -2.16. The number of carbonyl (C=O) groups excluding carboxylic acids is 1. The van der Waals surface area contributed by atoms with E-state index in [1.54, 1.807) is 7.05 Å². The van der Waals surface area contributed by atoms with Gasteiger partial charge in [-0.25, -0.2) is 22.6 Å². The van der Waals surface area contributed by atoms with Crippen LogP contribution in [0.1, 0.15) is 12.8 Å². The number of halogens is 3. The molecule has 2 aromatic heterocycles. The quantitative estimate of drug-likeness (QED) is 0.513. The number of hydrogen-bond acceptors (Lipinski definition) is 7. The molecule has 0 radical (unpaired) electrons. The third-order valence-corrected chi connectivity index (χ3v) is 5.64. The number of aliphatic imine (C=N–C) groups is 1. The van der Waals surface area contributed by atoms with Gasteiger partial charge in [0.1, 0.15) is 17.6 Å². The van der Waals surface area contributed by atoms with E-state index < -0.39 is 40.9 Å². The average molecular weight is 469 g/mol. The van der Waals surface area contributed by atoms with Crippen molar-refractivity contribution in [3.8, 4) is 22.6 Å². The fourth-order valence-electron chi connectivity index (χ4n) is 3.92. The van der Waals surface area contributed by atoms with Crippen molar-refractivity contribution in [3.63, 3.8) is 0 Å². The minimum Gasteiger partial charge on any atom is -0.444 e. The number of aryl methyl sites for hydroxylation is 1. The monoisotopic (exact) mass is 469 g/mol. The summed E-state index contributed by atoms with van der Waals surface area (Å²) < 4.78 is 51.6. The number of allylic oxidation sites excluding steroid dienone is 1. The third kappa shape index (κ3) is 3.91. The van der Waals surface area contributed by atoms with Gasteiger partial charge in [-0.1, -0.05) is 12.1 Å². The number of nitrogens with zero attached hydrogens (tertiary/aromatic N) is 7. The molecule has 1 saturated heterocycles.